The van der Waals surface area contributed by atoms with E-state index in [9.17, 15) is 8.42 Å². The standard InChI is InChI=1S/C16H18ClNO2S/c1-2-11-18(13-14-7-4-3-5-8-14)21(19,20)16-10-6-9-15(17)12-16/h3-10,12H,2,11,13H2,1H3. The minimum atomic E-state index is -3.54. The van der Waals surface area contributed by atoms with E-state index in [4.69, 9.17) is 11.6 Å². The van der Waals surface area contributed by atoms with Gasteiger partial charge in [-0.3, -0.25) is 0 Å². The molecule has 0 aliphatic rings. The maximum Gasteiger partial charge on any atom is 0.243 e. The molecule has 0 bridgehead atoms. The first-order valence-corrected chi connectivity index (χ1v) is 8.65. The molecule has 112 valence electrons. The van der Waals surface area contributed by atoms with Crippen molar-refractivity contribution in [1.29, 1.82) is 0 Å². The Balaban J connectivity index is 2.32. The Morgan fingerprint density at radius 3 is 2.38 bits per heavy atom. The molecule has 0 unspecified atom stereocenters. The fourth-order valence-electron chi connectivity index (χ4n) is 2.10. The zero-order valence-corrected chi connectivity index (χ0v) is 13.4. The molecule has 2 aromatic rings. The van der Waals surface area contributed by atoms with Gasteiger partial charge in [0.05, 0.1) is 4.90 Å². The second kappa shape index (κ2) is 7.07. The second-order valence-electron chi connectivity index (χ2n) is 4.78. The van der Waals surface area contributed by atoms with E-state index < -0.39 is 10.0 Å². The smallest absolute Gasteiger partial charge is 0.207 e. The summed E-state index contributed by atoms with van der Waals surface area (Å²) in [6.07, 6.45) is 0.757. The van der Waals surface area contributed by atoms with Crippen LogP contribution < -0.4 is 0 Å². The quantitative estimate of drug-likeness (QED) is 0.807. The molecule has 0 aliphatic carbocycles. The Hall–Kier alpha value is -1.36. The molecule has 0 aromatic heterocycles. The first-order valence-electron chi connectivity index (χ1n) is 6.83. The van der Waals surface area contributed by atoms with Crippen LogP contribution in [0.1, 0.15) is 18.9 Å². The number of halogens is 1. The van der Waals surface area contributed by atoms with Crippen LogP contribution in [0.5, 0.6) is 0 Å². The SMILES string of the molecule is CCCN(Cc1ccccc1)S(=O)(=O)c1cccc(Cl)c1. The van der Waals surface area contributed by atoms with Crippen LogP contribution in [0.4, 0.5) is 0 Å². The van der Waals surface area contributed by atoms with Crippen molar-refractivity contribution >= 4 is 21.6 Å². The van der Waals surface area contributed by atoms with Crippen LogP contribution in [0.3, 0.4) is 0 Å². The predicted octanol–water partition coefficient (Wildman–Crippen LogP) is 3.94. The third kappa shape index (κ3) is 4.06. The Kier molecular flexibility index (Phi) is 5.39. The van der Waals surface area contributed by atoms with Crippen LogP contribution in [0, 0.1) is 0 Å². The van der Waals surface area contributed by atoms with Gasteiger partial charge >= 0.3 is 0 Å². The maximum atomic E-state index is 12.7. The van der Waals surface area contributed by atoms with Gasteiger partial charge in [0.25, 0.3) is 0 Å². The molecule has 0 saturated heterocycles. The Labute approximate surface area is 131 Å². The minimum absolute atomic E-state index is 0.236. The predicted molar refractivity (Wildman–Crippen MR) is 85.8 cm³/mol. The Morgan fingerprint density at radius 1 is 1.05 bits per heavy atom. The number of benzene rings is 2. The van der Waals surface area contributed by atoms with Crippen molar-refractivity contribution in [1.82, 2.24) is 4.31 Å². The van der Waals surface area contributed by atoms with Crippen molar-refractivity contribution in [2.75, 3.05) is 6.54 Å². The van der Waals surface area contributed by atoms with Gasteiger partial charge in [0, 0.05) is 18.1 Å². The molecule has 0 aliphatic heterocycles. The van der Waals surface area contributed by atoms with Gasteiger partial charge in [-0.05, 0) is 30.2 Å². The van der Waals surface area contributed by atoms with Crippen molar-refractivity contribution in [2.45, 2.75) is 24.8 Å². The number of sulfonamides is 1. The summed E-state index contributed by atoms with van der Waals surface area (Å²) < 4.78 is 27.0. The van der Waals surface area contributed by atoms with Gasteiger partial charge < -0.3 is 0 Å². The van der Waals surface area contributed by atoms with Gasteiger partial charge in [0.2, 0.25) is 10.0 Å². The maximum absolute atomic E-state index is 12.7. The summed E-state index contributed by atoms with van der Waals surface area (Å²) in [5, 5.41) is 0.423. The van der Waals surface area contributed by atoms with Crippen LogP contribution in [0.15, 0.2) is 59.5 Å². The van der Waals surface area contributed by atoms with E-state index in [0.29, 0.717) is 18.1 Å². The lowest BCUT2D eigenvalue weighted by atomic mass is 10.2. The normalized spacial score (nSPS) is 11.8. The highest BCUT2D eigenvalue weighted by molar-refractivity contribution is 7.89. The van der Waals surface area contributed by atoms with Crippen LogP contribution in [-0.4, -0.2) is 19.3 Å². The number of rotatable bonds is 6. The third-order valence-electron chi connectivity index (χ3n) is 3.11. The highest BCUT2D eigenvalue weighted by atomic mass is 35.5. The molecule has 5 heteroatoms. The summed E-state index contributed by atoms with van der Waals surface area (Å²) in [6.45, 7) is 2.80. The highest BCUT2D eigenvalue weighted by Crippen LogP contribution is 2.21. The lowest BCUT2D eigenvalue weighted by molar-refractivity contribution is 0.405. The molecule has 21 heavy (non-hydrogen) atoms. The van der Waals surface area contributed by atoms with Gasteiger partial charge in [-0.25, -0.2) is 8.42 Å². The van der Waals surface area contributed by atoms with Crippen LogP contribution in [-0.2, 0) is 16.6 Å². The highest BCUT2D eigenvalue weighted by Gasteiger charge is 2.24. The van der Waals surface area contributed by atoms with E-state index in [2.05, 4.69) is 0 Å². The van der Waals surface area contributed by atoms with Crippen LogP contribution >= 0.6 is 11.6 Å². The first kappa shape index (κ1) is 16.0. The Bertz CT molecular complexity index is 686. The summed E-state index contributed by atoms with van der Waals surface area (Å²) in [6, 6.07) is 16.0. The zero-order valence-electron chi connectivity index (χ0n) is 11.9. The van der Waals surface area contributed by atoms with Crippen molar-refractivity contribution in [3.8, 4) is 0 Å². The molecule has 0 saturated carbocycles. The molecular weight excluding hydrogens is 306 g/mol. The molecule has 0 fully saturated rings. The molecule has 2 aromatic carbocycles. The van der Waals surface area contributed by atoms with Gasteiger partial charge in [-0.15, -0.1) is 0 Å². The molecule has 0 amide bonds. The van der Waals surface area contributed by atoms with Crippen molar-refractivity contribution in [3.05, 3.63) is 65.2 Å². The summed E-state index contributed by atoms with van der Waals surface area (Å²) in [5.74, 6) is 0. The summed E-state index contributed by atoms with van der Waals surface area (Å²) in [7, 11) is -3.54. The average molecular weight is 324 g/mol. The van der Waals surface area contributed by atoms with Crippen molar-refractivity contribution in [3.63, 3.8) is 0 Å². The molecule has 3 nitrogen and oxygen atoms in total. The van der Waals surface area contributed by atoms with E-state index in [1.807, 2.05) is 37.3 Å². The summed E-state index contributed by atoms with van der Waals surface area (Å²) in [4.78, 5) is 0.236. The molecule has 2 rings (SSSR count). The van der Waals surface area contributed by atoms with E-state index in [1.54, 1.807) is 18.2 Å². The summed E-state index contributed by atoms with van der Waals surface area (Å²) >= 11 is 5.91. The fraction of sp³-hybridized carbons (Fsp3) is 0.250. The van der Waals surface area contributed by atoms with Gasteiger partial charge in [0.15, 0.2) is 0 Å². The molecule has 0 atom stereocenters. The zero-order chi connectivity index (χ0) is 15.3. The molecular formula is C16H18ClNO2S. The lowest BCUT2D eigenvalue weighted by Crippen LogP contribution is -2.31. The lowest BCUT2D eigenvalue weighted by Gasteiger charge is -2.22. The number of hydrogen-bond acceptors (Lipinski definition) is 2. The topological polar surface area (TPSA) is 37.4 Å². The fourth-order valence-corrected chi connectivity index (χ4v) is 3.92. The van der Waals surface area contributed by atoms with Gasteiger partial charge in [0.1, 0.15) is 0 Å². The largest absolute Gasteiger partial charge is 0.243 e. The van der Waals surface area contributed by atoms with E-state index in [1.165, 1.54) is 10.4 Å². The molecule has 0 heterocycles. The van der Waals surface area contributed by atoms with Crippen LogP contribution in [0.2, 0.25) is 5.02 Å². The van der Waals surface area contributed by atoms with Crippen molar-refractivity contribution in [2.24, 2.45) is 0 Å². The van der Waals surface area contributed by atoms with Crippen LogP contribution in [0.25, 0.3) is 0 Å². The number of hydrogen-bond donors (Lipinski definition) is 0. The van der Waals surface area contributed by atoms with Gasteiger partial charge in [-0.2, -0.15) is 4.31 Å². The molecule has 0 spiro atoms. The number of nitrogens with zero attached hydrogens (tertiary/aromatic N) is 1. The van der Waals surface area contributed by atoms with E-state index in [-0.39, 0.29) is 4.90 Å². The molecule has 0 radical (unpaired) electrons. The van der Waals surface area contributed by atoms with E-state index in [0.717, 1.165) is 12.0 Å². The molecule has 0 N–H and O–H groups in total. The minimum Gasteiger partial charge on any atom is -0.207 e. The first-order chi connectivity index (χ1) is 10.0. The average Bonchev–Trinajstić information content (AvgIpc) is 2.48. The van der Waals surface area contributed by atoms with Gasteiger partial charge in [-0.1, -0.05) is 54.9 Å². The van der Waals surface area contributed by atoms with E-state index >= 15 is 0 Å². The monoisotopic (exact) mass is 323 g/mol. The Morgan fingerprint density at radius 2 is 1.76 bits per heavy atom. The second-order valence-corrected chi connectivity index (χ2v) is 7.16. The summed E-state index contributed by atoms with van der Waals surface area (Å²) in [5.41, 5.74) is 0.969. The van der Waals surface area contributed by atoms with Crippen molar-refractivity contribution < 1.29 is 8.42 Å². The third-order valence-corrected chi connectivity index (χ3v) is 5.18.